The maximum absolute atomic E-state index is 13.2. The largest absolute Gasteiger partial charge is 0.308 e. The van der Waals surface area contributed by atoms with Crippen LogP contribution in [-0.2, 0) is 21.9 Å². The first-order valence-electron chi connectivity index (χ1n) is 8.32. The van der Waals surface area contributed by atoms with Gasteiger partial charge in [0.15, 0.2) is 0 Å². The van der Waals surface area contributed by atoms with E-state index in [1.165, 1.54) is 10.2 Å². The Bertz CT molecular complexity index is 1020. The highest BCUT2D eigenvalue weighted by atomic mass is 79.9. The minimum atomic E-state index is -3.71. The van der Waals surface area contributed by atoms with Gasteiger partial charge in [0.2, 0.25) is 0 Å². The number of halogens is 1. The molecule has 1 aromatic carbocycles. The number of nitrogens with zero attached hydrogens (tertiary/aromatic N) is 2. The van der Waals surface area contributed by atoms with Crippen molar-refractivity contribution < 1.29 is 8.42 Å². The van der Waals surface area contributed by atoms with Crippen molar-refractivity contribution in [3.8, 4) is 0 Å². The Kier molecular flexibility index (Phi) is 5.23. The van der Waals surface area contributed by atoms with Crippen molar-refractivity contribution >= 4 is 36.9 Å². The van der Waals surface area contributed by atoms with Gasteiger partial charge >= 0.3 is 0 Å². The summed E-state index contributed by atoms with van der Waals surface area (Å²) in [5.41, 5.74) is 2.58. The zero-order valence-electron chi connectivity index (χ0n) is 15.0. The molecule has 2 heterocycles. The maximum atomic E-state index is 13.2. The summed E-state index contributed by atoms with van der Waals surface area (Å²) in [7, 11) is -3.71. The predicted octanol–water partition coefficient (Wildman–Crippen LogP) is 4.06. The highest BCUT2D eigenvalue weighted by Gasteiger charge is 2.22. The Balaban J connectivity index is 2.18. The summed E-state index contributed by atoms with van der Waals surface area (Å²) in [5, 5.41) is 5.03. The maximum Gasteiger partial charge on any atom is 0.269 e. The summed E-state index contributed by atoms with van der Waals surface area (Å²) in [5.74, 6) is 0. The lowest BCUT2D eigenvalue weighted by Gasteiger charge is -2.20. The van der Waals surface area contributed by atoms with Crippen LogP contribution in [0.15, 0.2) is 53.8 Å². The van der Waals surface area contributed by atoms with E-state index in [9.17, 15) is 8.42 Å². The van der Waals surface area contributed by atoms with Crippen LogP contribution in [0.3, 0.4) is 0 Å². The molecule has 26 heavy (non-hydrogen) atoms. The molecule has 5 nitrogen and oxygen atoms in total. The summed E-state index contributed by atoms with van der Waals surface area (Å²) < 4.78 is 27.7. The van der Waals surface area contributed by atoms with Crippen LogP contribution in [0, 0.1) is 0 Å². The van der Waals surface area contributed by atoms with Gasteiger partial charge in [0.05, 0.1) is 5.52 Å². The van der Waals surface area contributed by atoms with Gasteiger partial charge in [-0.15, -0.1) is 0 Å². The number of fused-ring (bicyclic) bond motifs is 1. The van der Waals surface area contributed by atoms with Gasteiger partial charge < -0.3 is 5.32 Å². The highest BCUT2D eigenvalue weighted by molar-refractivity contribution is 9.08. The van der Waals surface area contributed by atoms with Gasteiger partial charge in [-0.3, -0.25) is 4.98 Å². The zero-order valence-corrected chi connectivity index (χ0v) is 17.4. The van der Waals surface area contributed by atoms with Crippen molar-refractivity contribution in [2.24, 2.45) is 0 Å². The van der Waals surface area contributed by atoms with Crippen LogP contribution >= 0.6 is 15.9 Å². The molecule has 0 aliphatic rings. The molecule has 1 N–H and O–H groups in total. The number of alkyl halides is 1. The first-order valence-corrected chi connectivity index (χ1v) is 10.9. The average Bonchev–Trinajstić information content (AvgIpc) is 2.98. The topological polar surface area (TPSA) is 64.0 Å². The normalized spacial score (nSPS) is 12.6. The number of hydrogen-bond acceptors (Lipinski definition) is 4. The lowest BCUT2D eigenvalue weighted by Crippen LogP contribution is -2.35. The Morgan fingerprint density at radius 1 is 1.23 bits per heavy atom. The molecule has 0 atom stereocenters. The molecule has 0 amide bonds. The van der Waals surface area contributed by atoms with Crippen molar-refractivity contribution in [2.75, 3.05) is 0 Å². The van der Waals surface area contributed by atoms with Gasteiger partial charge in [-0.25, -0.2) is 12.4 Å². The molecule has 0 saturated heterocycles. The van der Waals surface area contributed by atoms with Crippen LogP contribution in [0.25, 0.3) is 10.9 Å². The predicted molar refractivity (Wildman–Crippen MR) is 108 cm³/mol. The molecular weight excluding hydrogens is 414 g/mol. The average molecular weight is 436 g/mol. The number of nitrogens with one attached hydrogen (secondary N) is 1. The highest BCUT2D eigenvalue weighted by Crippen LogP contribution is 2.28. The van der Waals surface area contributed by atoms with Crippen LogP contribution in [0.4, 0.5) is 0 Å². The fourth-order valence-corrected chi connectivity index (χ4v) is 4.40. The van der Waals surface area contributed by atoms with E-state index in [1.54, 1.807) is 24.5 Å². The van der Waals surface area contributed by atoms with E-state index in [1.807, 2.05) is 18.2 Å². The van der Waals surface area contributed by atoms with E-state index in [0.717, 1.165) is 16.5 Å². The molecule has 3 rings (SSSR count). The molecule has 0 bridgehead atoms. The Morgan fingerprint density at radius 3 is 2.62 bits per heavy atom. The van der Waals surface area contributed by atoms with Gasteiger partial charge in [0, 0.05) is 41.4 Å². The van der Waals surface area contributed by atoms with Crippen molar-refractivity contribution in [2.45, 2.75) is 43.1 Å². The lowest BCUT2D eigenvalue weighted by molar-refractivity contribution is 0.425. The molecule has 0 fully saturated rings. The van der Waals surface area contributed by atoms with E-state index in [0.29, 0.717) is 17.4 Å². The summed E-state index contributed by atoms with van der Waals surface area (Å²) in [6.07, 6.45) is 4.65. The monoisotopic (exact) mass is 435 g/mol. The van der Waals surface area contributed by atoms with Gasteiger partial charge in [0.1, 0.15) is 4.90 Å². The SMILES string of the molecule is CC(C)(C)NCc1cn(S(=O)(=O)c2cccnc2)c2cc(CBr)ccc12. The molecule has 3 aromatic rings. The Morgan fingerprint density at radius 2 is 2.00 bits per heavy atom. The van der Waals surface area contributed by atoms with Crippen molar-refractivity contribution in [1.82, 2.24) is 14.3 Å². The molecule has 0 unspecified atom stereocenters. The lowest BCUT2D eigenvalue weighted by atomic mass is 10.1. The molecule has 0 aliphatic heterocycles. The van der Waals surface area contributed by atoms with Gasteiger partial charge in [-0.1, -0.05) is 28.1 Å². The third-order valence-electron chi connectivity index (χ3n) is 4.07. The van der Waals surface area contributed by atoms with Crippen LogP contribution in [0.5, 0.6) is 0 Å². The number of aromatic nitrogens is 2. The van der Waals surface area contributed by atoms with Crippen LogP contribution in [0.1, 0.15) is 31.9 Å². The molecule has 138 valence electrons. The van der Waals surface area contributed by atoms with Gasteiger partial charge in [-0.2, -0.15) is 0 Å². The smallest absolute Gasteiger partial charge is 0.269 e. The molecule has 0 radical (unpaired) electrons. The molecule has 0 saturated carbocycles. The van der Waals surface area contributed by atoms with E-state index in [-0.39, 0.29) is 10.4 Å². The fraction of sp³-hybridized carbons (Fsp3) is 0.316. The van der Waals surface area contributed by atoms with Crippen LogP contribution in [0.2, 0.25) is 0 Å². The second kappa shape index (κ2) is 7.13. The molecule has 0 aliphatic carbocycles. The number of hydrogen-bond donors (Lipinski definition) is 1. The number of benzene rings is 1. The summed E-state index contributed by atoms with van der Waals surface area (Å²) >= 11 is 3.45. The molecule has 2 aromatic heterocycles. The van der Waals surface area contributed by atoms with Crippen molar-refractivity contribution in [3.63, 3.8) is 0 Å². The van der Waals surface area contributed by atoms with Crippen LogP contribution < -0.4 is 5.32 Å². The summed E-state index contributed by atoms with van der Waals surface area (Å²) in [4.78, 5) is 4.13. The summed E-state index contributed by atoms with van der Waals surface area (Å²) in [6.45, 7) is 6.84. The Hall–Kier alpha value is -1.70. The van der Waals surface area contributed by atoms with Gasteiger partial charge in [-0.05, 0) is 50.1 Å². The van der Waals surface area contributed by atoms with Crippen molar-refractivity contribution in [3.05, 3.63) is 60.0 Å². The van der Waals surface area contributed by atoms with Crippen LogP contribution in [-0.4, -0.2) is 22.9 Å². The standard InChI is InChI=1S/C19H22BrN3O2S/c1-19(2,3)22-11-15-13-23(18-9-14(10-20)6-7-17(15)18)26(24,25)16-5-4-8-21-12-16/h4-9,12-13,22H,10-11H2,1-3H3. The number of rotatable bonds is 5. The van der Waals surface area contributed by atoms with E-state index in [4.69, 9.17) is 0 Å². The minimum absolute atomic E-state index is 0.0630. The molecular formula is C19H22BrN3O2S. The van der Waals surface area contributed by atoms with E-state index >= 15 is 0 Å². The molecule has 7 heteroatoms. The van der Waals surface area contributed by atoms with Gasteiger partial charge in [0.25, 0.3) is 10.0 Å². The third kappa shape index (κ3) is 3.84. The number of pyridine rings is 1. The minimum Gasteiger partial charge on any atom is -0.308 e. The first kappa shape index (κ1) is 19.1. The second-order valence-corrected chi connectivity index (χ2v) is 9.61. The second-order valence-electron chi connectivity index (χ2n) is 7.23. The van der Waals surface area contributed by atoms with E-state index in [2.05, 4.69) is 47.0 Å². The summed E-state index contributed by atoms with van der Waals surface area (Å²) in [6, 6.07) is 9.11. The quantitative estimate of drug-likeness (QED) is 0.613. The third-order valence-corrected chi connectivity index (χ3v) is 6.38. The van der Waals surface area contributed by atoms with E-state index < -0.39 is 10.0 Å². The fourth-order valence-electron chi connectivity index (χ4n) is 2.71. The van der Waals surface area contributed by atoms with Crippen molar-refractivity contribution in [1.29, 1.82) is 0 Å². The first-order chi connectivity index (χ1) is 12.2. The Labute approximate surface area is 162 Å². The molecule has 0 spiro atoms. The zero-order chi connectivity index (χ0) is 18.9.